The van der Waals surface area contributed by atoms with Gasteiger partial charge in [-0.25, -0.2) is 4.98 Å². The first-order chi connectivity index (χ1) is 15.1. The van der Waals surface area contributed by atoms with Crippen molar-refractivity contribution in [2.24, 2.45) is 0 Å². The molecule has 4 aromatic rings. The molecule has 0 aliphatic rings. The maximum absolute atomic E-state index is 12.6. The molecule has 0 fully saturated rings. The molecule has 0 spiro atoms. The number of aromatic amines is 1. The van der Waals surface area contributed by atoms with E-state index >= 15 is 0 Å². The van der Waals surface area contributed by atoms with Crippen LogP contribution in [0.4, 0.5) is 5.95 Å². The topological polar surface area (TPSA) is 107 Å². The highest BCUT2D eigenvalue weighted by Crippen LogP contribution is 2.31. The van der Waals surface area contributed by atoms with Crippen molar-refractivity contribution in [3.8, 4) is 28.6 Å². The third-order valence-corrected chi connectivity index (χ3v) is 5.24. The minimum atomic E-state index is -0.311. The van der Waals surface area contributed by atoms with Crippen LogP contribution in [-0.2, 0) is 0 Å². The number of amides is 1. The Balaban J connectivity index is 1.49. The van der Waals surface area contributed by atoms with Crippen molar-refractivity contribution in [2.75, 3.05) is 25.8 Å². The molecule has 0 radical (unpaired) electrons. The summed E-state index contributed by atoms with van der Waals surface area (Å²) >= 11 is 1.55. The fraction of sp³-hybridized carbons (Fsp3) is 0.143. The van der Waals surface area contributed by atoms with E-state index in [0.717, 1.165) is 10.8 Å². The van der Waals surface area contributed by atoms with E-state index in [1.165, 1.54) is 0 Å². The summed E-state index contributed by atoms with van der Waals surface area (Å²) in [4.78, 5) is 21.3. The predicted octanol–water partition coefficient (Wildman–Crippen LogP) is 3.65. The molecule has 10 heteroatoms. The Morgan fingerprint density at radius 1 is 1.13 bits per heavy atom. The Hall–Kier alpha value is -3.79. The third-order valence-electron chi connectivity index (χ3n) is 4.57. The van der Waals surface area contributed by atoms with E-state index in [2.05, 4.69) is 25.5 Å². The molecule has 2 N–H and O–H groups in total. The number of methoxy groups -OCH3 is 2. The largest absolute Gasteiger partial charge is 0.497 e. The number of nitrogens with zero attached hydrogens (tertiary/aromatic N) is 4. The lowest BCUT2D eigenvalue weighted by molar-refractivity contribution is 0.102. The molecule has 31 heavy (non-hydrogen) atoms. The highest BCUT2D eigenvalue weighted by atomic mass is 32.2. The van der Waals surface area contributed by atoms with E-state index < -0.39 is 0 Å². The Bertz CT molecular complexity index is 1200. The number of imidazole rings is 1. The molecule has 0 aliphatic carbocycles. The zero-order valence-corrected chi connectivity index (χ0v) is 17.9. The van der Waals surface area contributed by atoms with Gasteiger partial charge in [0.05, 0.1) is 19.8 Å². The van der Waals surface area contributed by atoms with Crippen molar-refractivity contribution in [3.05, 3.63) is 60.4 Å². The summed E-state index contributed by atoms with van der Waals surface area (Å²) < 4.78 is 12.6. The zero-order valence-electron chi connectivity index (χ0n) is 17.1. The average molecular weight is 436 g/mol. The lowest BCUT2D eigenvalue weighted by Gasteiger charge is -2.08. The number of anilines is 1. The first-order valence-corrected chi connectivity index (χ1v) is 10.5. The molecule has 2 heterocycles. The van der Waals surface area contributed by atoms with Crippen LogP contribution in [0.25, 0.3) is 17.1 Å². The van der Waals surface area contributed by atoms with Gasteiger partial charge in [-0.05, 0) is 42.7 Å². The minimum Gasteiger partial charge on any atom is -0.497 e. The highest BCUT2D eigenvalue weighted by molar-refractivity contribution is 7.98. The fourth-order valence-electron chi connectivity index (χ4n) is 3.02. The van der Waals surface area contributed by atoms with Gasteiger partial charge in [-0.3, -0.25) is 19.8 Å². The number of thioether (sulfide) groups is 1. The number of nitrogens with one attached hydrogen (secondary N) is 2. The molecular formula is C21H20N6O3S. The second-order valence-corrected chi connectivity index (χ2v) is 7.13. The standard InChI is InChI=1S/C21H20N6O3S/c1-29-15-8-9-16(17(12-15)30-2)18-23-20(26-25-18)24-19(28)13-4-6-14(7-5-13)27-11-10-22-21(27)31-3/h4-12H,1-3H3,(H2,23,24,25,26,28). The zero-order chi connectivity index (χ0) is 21.8. The first kappa shape index (κ1) is 20.5. The number of ether oxygens (including phenoxy) is 2. The van der Waals surface area contributed by atoms with Crippen molar-refractivity contribution < 1.29 is 14.3 Å². The number of aromatic nitrogens is 5. The summed E-state index contributed by atoms with van der Waals surface area (Å²) in [6, 6.07) is 12.6. The van der Waals surface area contributed by atoms with Crippen molar-refractivity contribution in [1.82, 2.24) is 24.7 Å². The molecule has 0 unspecified atom stereocenters. The molecule has 2 aromatic carbocycles. The van der Waals surface area contributed by atoms with Gasteiger partial charge in [-0.1, -0.05) is 11.8 Å². The van der Waals surface area contributed by atoms with Crippen LogP contribution >= 0.6 is 11.8 Å². The van der Waals surface area contributed by atoms with Crippen molar-refractivity contribution in [2.45, 2.75) is 5.16 Å². The molecule has 0 bridgehead atoms. The number of hydrogen-bond donors (Lipinski definition) is 2. The lowest BCUT2D eigenvalue weighted by atomic mass is 10.2. The number of benzene rings is 2. The molecule has 0 saturated carbocycles. The summed E-state index contributed by atoms with van der Waals surface area (Å²) in [7, 11) is 3.15. The smallest absolute Gasteiger partial charge is 0.258 e. The predicted molar refractivity (Wildman–Crippen MR) is 118 cm³/mol. The van der Waals surface area contributed by atoms with Crippen LogP contribution in [-0.4, -0.2) is 51.1 Å². The van der Waals surface area contributed by atoms with Crippen LogP contribution < -0.4 is 14.8 Å². The summed E-state index contributed by atoms with van der Waals surface area (Å²) in [6.45, 7) is 0. The van der Waals surface area contributed by atoms with E-state index in [4.69, 9.17) is 9.47 Å². The fourth-order valence-corrected chi connectivity index (χ4v) is 3.55. The van der Waals surface area contributed by atoms with Gasteiger partial charge in [-0.15, -0.1) is 5.10 Å². The van der Waals surface area contributed by atoms with Crippen LogP contribution in [0, 0.1) is 0 Å². The van der Waals surface area contributed by atoms with Gasteiger partial charge in [0, 0.05) is 29.7 Å². The van der Waals surface area contributed by atoms with E-state index in [0.29, 0.717) is 28.5 Å². The number of rotatable bonds is 7. The van der Waals surface area contributed by atoms with Gasteiger partial charge in [0.25, 0.3) is 5.91 Å². The maximum Gasteiger partial charge on any atom is 0.258 e. The molecule has 0 saturated heterocycles. The number of carbonyl (C=O) groups is 1. The van der Waals surface area contributed by atoms with E-state index in [1.54, 1.807) is 56.4 Å². The summed E-state index contributed by atoms with van der Waals surface area (Å²) in [5.74, 6) is 1.57. The van der Waals surface area contributed by atoms with Crippen LogP contribution in [0.5, 0.6) is 11.5 Å². The normalized spacial score (nSPS) is 10.7. The monoisotopic (exact) mass is 436 g/mol. The highest BCUT2D eigenvalue weighted by Gasteiger charge is 2.15. The average Bonchev–Trinajstić information content (AvgIpc) is 3.48. The Morgan fingerprint density at radius 2 is 1.94 bits per heavy atom. The summed E-state index contributed by atoms with van der Waals surface area (Å²) in [5.41, 5.74) is 2.11. The summed E-state index contributed by atoms with van der Waals surface area (Å²) in [5, 5.41) is 10.5. The molecule has 4 rings (SSSR count). The SMILES string of the molecule is COc1ccc(-c2nc(NC(=O)c3ccc(-n4ccnc4SC)cc3)n[nH]2)c(OC)c1. The number of H-pyrrole nitrogens is 1. The lowest BCUT2D eigenvalue weighted by Crippen LogP contribution is -2.13. The van der Waals surface area contributed by atoms with Crippen molar-refractivity contribution in [3.63, 3.8) is 0 Å². The number of carbonyl (C=O) groups excluding carboxylic acids is 1. The quantitative estimate of drug-likeness (QED) is 0.426. The number of hydrogen-bond acceptors (Lipinski definition) is 7. The first-order valence-electron chi connectivity index (χ1n) is 9.27. The molecular weight excluding hydrogens is 416 g/mol. The molecule has 9 nitrogen and oxygen atoms in total. The van der Waals surface area contributed by atoms with E-state index in [9.17, 15) is 4.79 Å². The Morgan fingerprint density at radius 3 is 2.65 bits per heavy atom. The van der Waals surface area contributed by atoms with Gasteiger partial charge < -0.3 is 9.47 Å². The molecule has 2 aromatic heterocycles. The molecule has 0 aliphatic heterocycles. The van der Waals surface area contributed by atoms with Gasteiger partial charge in [0.2, 0.25) is 5.95 Å². The van der Waals surface area contributed by atoms with E-state index in [1.807, 2.05) is 35.2 Å². The van der Waals surface area contributed by atoms with E-state index in [-0.39, 0.29) is 11.9 Å². The van der Waals surface area contributed by atoms with Gasteiger partial charge >= 0.3 is 0 Å². The minimum absolute atomic E-state index is 0.168. The van der Waals surface area contributed by atoms with Crippen molar-refractivity contribution >= 4 is 23.6 Å². The van der Waals surface area contributed by atoms with Gasteiger partial charge in [0.15, 0.2) is 11.0 Å². The third kappa shape index (κ3) is 4.24. The van der Waals surface area contributed by atoms with Crippen LogP contribution in [0.1, 0.15) is 10.4 Å². The van der Waals surface area contributed by atoms with Crippen LogP contribution in [0.15, 0.2) is 60.0 Å². The Kier molecular flexibility index (Phi) is 5.89. The van der Waals surface area contributed by atoms with Crippen LogP contribution in [0.3, 0.4) is 0 Å². The second kappa shape index (κ2) is 8.92. The maximum atomic E-state index is 12.6. The van der Waals surface area contributed by atoms with Gasteiger partial charge in [-0.2, -0.15) is 4.98 Å². The molecule has 1 amide bonds. The van der Waals surface area contributed by atoms with Crippen molar-refractivity contribution in [1.29, 1.82) is 0 Å². The molecule has 0 atom stereocenters. The van der Waals surface area contributed by atoms with Gasteiger partial charge in [0.1, 0.15) is 11.5 Å². The second-order valence-electron chi connectivity index (χ2n) is 6.36. The van der Waals surface area contributed by atoms with Crippen LogP contribution in [0.2, 0.25) is 0 Å². The molecule has 158 valence electrons. The Labute approximate surface area is 182 Å². The summed E-state index contributed by atoms with van der Waals surface area (Å²) in [6.07, 6.45) is 5.59.